The highest BCUT2D eigenvalue weighted by Gasteiger charge is 2.38. The Morgan fingerprint density at radius 1 is 1.04 bits per heavy atom. The molecule has 238 valence electrons. The van der Waals surface area contributed by atoms with E-state index in [9.17, 15) is 27.9 Å². The topological polar surface area (TPSA) is 151 Å². The van der Waals surface area contributed by atoms with Gasteiger partial charge in [-0.3, -0.25) is 14.5 Å². The highest BCUT2D eigenvalue weighted by Crippen LogP contribution is 2.37. The first-order valence-electron chi connectivity index (χ1n) is 14.8. The van der Waals surface area contributed by atoms with Gasteiger partial charge < -0.3 is 19.9 Å². The second kappa shape index (κ2) is 13.8. The number of anilines is 1. The number of hydrogen-bond acceptors (Lipinski definition) is 8. The van der Waals surface area contributed by atoms with Gasteiger partial charge in [-0.15, -0.1) is 0 Å². The van der Waals surface area contributed by atoms with Crippen molar-refractivity contribution in [2.45, 2.75) is 55.8 Å². The smallest absolute Gasteiger partial charge is 0.415 e. The van der Waals surface area contributed by atoms with Crippen molar-refractivity contribution in [2.24, 2.45) is 5.92 Å². The number of sulfonamides is 1. The first-order chi connectivity index (χ1) is 21.6. The molecule has 1 aliphatic carbocycles. The number of aliphatic hydroxyl groups is 1. The van der Waals surface area contributed by atoms with Gasteiger partial charge >= 0.3 is 6.09 Å². The van der Waals surface area contributed by atoms with Gasteiger partial charge in [-0.2, -0.15) is 0 Å². The maximum atomic E-state index is 13.5. The zero-order chi connectivity index (χ0) is 32.1. The van der Waals surface area contributed by atoms with Crippen molar-refractivity contribution in [3.63, 3.8) is 0 Å². The molecular formula is C33H37N3O8S. The number of nitrogens with zero attached hydrogens (tertiary/aromatic N) is 1. The molecule has 1 aliphatic heterocycles. The third kappa shape index (κ3) is 7.88. The van der Waals surface area contributed by atoms with Crippen LogP contribution in [0.15, 0.2) is 77.7 Å². The Morgan fingerprint density at radius 3 is 2.40 bits per heavy atom. The van der Waals surface area contributed by atoms with Gasteiger partial charge in [0.2, 0.25) is 10.0 Å². The standard InChI is InChI=1S/C33H37N3O8S/c1-21(37)24-13-15-25(16-14-24)36-20-30(44-33(36)40)32(39)35-27(18-22-7-4-3-5-8-22)28(38)19-34-45(41,42)31-10-6-9-29(43-2)26(31)17-23-11-12-23/h3-10,13-16,23,27-28,30,34,38H,11-12,17-20H2,1-2H3,(H,35,39)/t27-,28+,30-/m0/s1. The summed E-state index contributed by atoms with van der Waals surface area (Å²) in [5, 5.41) is 14.0. The highest BCUT2D eigenvalue weighted by atomic mass is 32.2. The summed E-state index contributed by atoms with van der Waals surface area (Å²) in [4.78, 5) is 39.0. The third-order valence-corrected chi connectivity index (χ3v) is 9.56. The molecule has 0 aromatic heterocycles. The van der Waals surface area contributed by atoms with Crippen LogP contribution in [0.3, 0.4) is 0 Å². The molecule has 5 rings (SSSR count). The predicted octanol–water partition coefficient (Wildman–Crippen LogP) is 3.24. The zero-order valence-electron chi connectivity index (χ0n) is 25.1. The quantitative estimate of drug-likeness (QED) is 0.229. The van der Waals surface area contributed by atoms with Crippen molar-refractivity contribution < 1.29 is 37.4 Å². The van der Waals surface area contributed by atoms with Crippen molar-refractivity contribution in [3.05, 3.63) is 89.5 Å². The number of cyclic esters (lactones) is 1. The van der Waals surface area contributed by atoms with E-state index in [2.05, 4.69) is 10.0 Å². The molecule has 0 radical (unpaired) electrons. The summed E-state index contributed by atoms with van der Waals surface area (Å²) in [6.07, 6.45) is -0.386. The summed E-state index contributed by atoms with van der Waals surface area (Å²) in [5.74, 6) is 0.158. The number of methoxy groups -OCH3 is 1. The molecule has 3 N–H and O–H groups in total. The molecule has 12 heteroatoms. The van der Waals surface area contributed by atoms with E-state index in [4.69, 9.17) is 9.47 Å². The van der Waals surface area contributed by atoms with Gasteiger partial charge in [-0.1, -0.05) is 36.4 Å². The Hall–Kier alpha value is -4.26. The molecule has 1 saturated heterocycles. The van der Waals surface area contributed by atoms with E-state index in [0.717, 1.165) is 18.4 Å². The number of amides is 2. The molecule has 1 heterocycles. The SMILES string of the molecule is COc1cccc(S(=O)(=O)NC[C@@H](O)[C@H](Cc2ccccc2)NC(=O)[C@@H]2CN(c3ccc(C(C)=O)cc3)C(=O)O2)c1CC1CC1. The minimum atomic E-state index is -4.04. The van der Waals surface area contributed by atoms with Crippen LogP contribution >= 0.6 is 0 Å². The fourth-order valence-electron chi connectivity index (χ4n) is 5.33. The fraction of sp³-hybridized carbons (Fsp3) is 0.364. The maximum absolute atomic E-state index is 13.5. The van der Waals surface area contributed by atoms with Crippen LogP contribution in [0.1, 0.15) is 41.3 Å². The van der Waals surface area contributed by atoms with Crippen molar-refractivity contribution in [1.29, 1.82) is 0 Å². The number of aliphatic hydroxyl groups excluding tert-OH is 1. The molecule has 2 aliphatic rings. The van der Waals surface area contributed by atoms with E-state index in [-0.39, 0.29) is 30.2 Å². The number of benzene rings is 3. The van der Waals surface area contributed by atoms with E-state index >= 15 is 0 Å². The molecule has 2 fully saturated rings. The number of carbonyl (C=O) groups excluding carboxylic acids is 3. The van der Waals surface area contributed by atoms with Crippen LogP contribution in [0, 0.1) is 5.92 Å². The first-order valence-corrected chi connectivity index (χ1v) is 16.3. The fourth-order valence-corrected chi connectivity index (χ4v) is 6.64. The second-order valence-electron chi connectivity index (χ2n) is 11.4. The molecule has 45 heavy (non-hydrogen) atoms. The van der Waals surface area contributed by atoms with Crippen molar-refractivity contribution in [1.82, 2.24) is 10.0 Å². The predicted molar refractivity (Wildman–Crippen MR) is 167 cm³/mol. The summed E-state index contributed by atoms with van der Waals surface area (Å²) in [7, 11) is -2.54. The summed E-state index contributed by atoms with van der Waals surface area (Å²) in [6.45, 7) is 0.986. The Bertz CT molecular complexity index is 1640. The Balaban J connectivity index is 1.29. The van der Waals surface area contributed by atoms with E-state index < -0.39 is 40.3 Å². The van der Waals surface area contributed by atoms with Gasteiger partial charge in [-0.25, -0.2) is 17.9 Å². The van der Waals surface area contributed by atoms with Crippen LogP contribution in [0.2, 0.25) is 0 Å². The minimum absolute atomic E-state index is 0.0789. The third-order valence-electron chi connectivity index (χ3n) is 8.05. The summed E-state index contributed by atoms with van der Waals surface area (Å²) in [6, 6.07) is 19.5. The van der Waals surface area contributed by atoms with Crippen LogP contribution < -0.4 is 19.7 Å². The van der Waals surface area contributed by atoms with E-state index in [0.29, 0.717) is 34.9 Å². The van der Waals surface area contributed by atoms with Gasteiger partial charge in [0.1, 0.15) is 5.75 Å². The molecule has 0 bridgehead atoms. The number of ether oxygens (including phenoxy) is 2. The number of carbonyl (C=O) groups is 3. The maximum Gasteiger partial charge on any atom is 0.415 e. The average Bonchev–Trinajstić information content (AvgIpc) is 3.77. The van der Waals surface area contributed by atoms with Crippen molar-refractivity contribution >= 4 is 33.5 Å². The number of hydrogen-bond donors (Lipinski definition) is 3. The second-order valence-corrected chi connectivity index (χ2v) is 13.1. The molecule has 3 aromatic rings. The molecular weight excluding hydrogens is 598 g/mol. The largest absolute Gasteiger partial charge is 0.496 e. The first kappa shape index (κ1) is 32.1. The zero-order valence-corrected chi connectivity index (χ0v) is 26.0. The number of rotatable bonds is 14. The lowest BCUT2D eigenvalue weighted by molar-refractivity contribution is -0.129. The van der Waals surface area contributed by atoms with E-state index in [1.165, 1.54) is 25.0 Å². The van der Waals surface area contributed by atoms with Crippen molar-refractivity contribution in [3.8, 4) is 5.75 Å². The van der Waals surface area contributed by atoms with Crippen LogP contribution in [0.5, 0.6) is 5.75 Å². The normalized spacial score (nSPS) is 17.8. The highest BCUT2D eigenvalue weighted by molar-refractivity contribution is 7.89. The molecule has 3 aromatic carbocycles. The van der Waals surface area contributed by atoms with Gasteiger partial charge in [-0.05, 0) is 80.5 Å². The molecule has 0 spiro atoms. The van der Waals surface area contributed by atoms with Crippen LogP contribution in [0.4, 0.5) is 10.5 Å². The molecule has 0 unspecified atom stereocenters. The lowest BCUT2D eigenvalue weighted by Gasteiger charge is -2.26. The average molecular weight is 636 g/mol. The molecule has 11 nitrogen and oxygen atoms in total. The number of Topliss-reactive ketones (excluding diaryl/α,β-unsaturated/α-hetero) is 1. The van der Waals surface area contributed by atoms with E-state index in [1.54, 1.807) is 36.4 Å². The van der Waals surface area contributed by atoms with E-state index in [1.807, 2.05) is 30.3 Å². The Labute approximate surface area is 262 Å². The van der Waals surface area contributed by atoms with Crippen LogP contribution in [0.25, 0.3) is 0 Å². The number of ketones is 1. The monoisotopic (exact) mass is 635 g/mol. The van der Waals surface area contributed by atoms with Gasteiger partial charge in [0.05, 0.1) is 30.7 Å². The Kier molecular flexibility index (Phi) is 9.86. The molecule has 3 atom stereocenters. The Morgan fingerprint density at radius 2 is 1.76 bits per heavy atom. The lowest BCUT2D eigenvalue weighted by atomic mass is 10.0. The van der Waals surface area contributed by atoms with Crippen LogP contribution in [-0.4, -0.2) is 69.8 Å². The molecule has 1 saturated carbocycles. The summed E-state index contributed by atoms with van der Waals surface area (Å²) >= 11 is 0. The van der Waals surface area contributed by atoms with Gasteiger partial charge in [0.15, 0.2) is 11.9 Å². The summed E-state index contributed by atoms with van der Waals surface area (Å²) < 4.78 is 40.2. The number of nitrogens with one attached hydrogen (secondary N) is 2. The molecule has 2 amide bonds. The van der Waals surface area contributed by atoms with Crippen LogP contribution in [-0.2, 0) is 32.4 Å². The summed E-state index contributed by atoms with van der Waals surface area (Å²) in [5.41, 5.74) is 2.36. The van der Waals surface area contributed by atoms with Crippen molar-refractivity contribution in [2.75, 3.05) is 25.1 Å². The van der Waals surface area contributed by atoms with Gasteiger partial charge in [0.25, 0.3) is 5.91 Å². The van der Waals surface area contributed by atoms with Gasteiger partial charge in [0, 0.05) is 23.4 Å². The minimum Gasteiger partial charge on any atom is -0.496 e. The lowest BCUT2D eigenvalue weighted by Crippen LogP contribution is -2.52.